The highest BCUT2D eigenvalue weighted by atomic mass is 32.2. The Balaban J connectivity index is 2.53. The molecule has 1 saturated heterocycles. The van der Waals surface area contributed by atoms with E-state index in [0.717, 1.165) is 26.1 Å². The van der Waals surface area contributed by atoms with Crippen LogP contribution < -0.4 is 16.0 Å². The first kappa shape index (κ1) is 16.1. The fourth-order valence-electron chi connectivity index (χ4n) is 2.62. The van der Waals surface area contributed by atoms with Crippen LogP contribution in [0.2, 0.25) is 0 Å². The average Bonchev–Trinajstić information content (AvgIpc) is 2.75. The molecule has 3 N–H and O–H groups in total. The molecular formula is C13H25N5O2S. The first-order valence-corrected chi connectivity index (χ1v) is 9.21. The maximum absolute atomic E-state index is 12.1. The van der Waals surface area contributed by atoms with Crippen LogP contribution in [-0.2, 0) is 9.84 Å². The largest absolute Gasteiger partial charge is 0.383 e. The van der Waals surface area contributed by atoms with E-state index < -0.39 is 9.84 Å². The summed E-state index contributed by atoms with van der Waals surface area (Å²) >= 11 is 0. The van der Waals surface area contributed by atoms with Gasteiger partial charge in [0.15, 0.2) is 20.6 Å². The van der Waals surface area contributed by atoms with Crippen molar-refractivity contribution in [3.05, 3.63) is 0 Å². The lowest BCUT2D eigenvalue weighted by Gasteiger charge is -2.32. The van der Waals surface area contributed by atoms with Crippen LogP contribution in [0.1, 0.15) is 33.2 Å². The summed E-state index contributed by atoms with van der Waals surface area (Å²) in [5, 5.41) is 7.85. The molecule has 1 fully saturated rings. The molecule has 0 amide bonds. The molecule has 1 unspecified atom stereocenters. The topological polar surface area (TPSA) is 93.2 Å². The maximum Gasteiger partial charge on any atom is 0.182 e. The predicted octanol–water partition coefficient (Wildman–Crippen LogP) is 0.638. The van der Waals surface area contributed by atoms with Crippen LogP contribution in [0.5, 0.6) is 0 Å². The lowest BCUT2D eigenvalue weighted by Crippen LogP contribution is -2.49. The third-order valence-electron chi connectivity index (χ3n) is 3.93. The first-order chi connectivity index (χ1) is 9.75. The Labute approximate surface area is 126 Å². The average molecular weight is 315 g/mol. The smallest absolute Gasteiger partial charge is 0.182 e. The highest BCUT2D eigenvalue weighted by Crippen LogP contribution is 2.33. The van der Waals surface area contributed by atoms with E-state index >= 15 is 0 Å². The highest BCUT2D eigenvalue weighted by molar-refractivity contribution is 7.91. The molecule has 0 radical (unpaired) electrons. The number of nitrogens with one attached hydrogen (secondary N) is 1. The SMILES string of the molecule is CCC(C)n1nc(N2CCN[C@@H](C)C2)c(S(C)(=O)=O)c1N. The van der Waals surface area contributed by atoms with Crippen molar-refractivity contribution < 1.29 is 8.42 Å². The van der Waals surface area contributed by atoms with E-state index in [1.165, 1.54) is 6.26 Å². The van der Waals surface area contributed by atoms with E-state index in [0.29, 0.717) is 11.9 Å². The van der Waals surface area contributed by atoms with Crippen molar-refractivity contribution >= 4 is 21.5 Å². The number of hydrogen-bond donors (Lipinski definition) is 2. The number of hydrogen-bond acceptors (Lipinski definition) is 6. The van der Waals surface area contributed by atoms with E-state index in [2.05, 4.69) is 17.3 Å². The number of sulfone groups is 1. The minimum atomic E-state index is -3.42. The zero-order valence-corrected chi connectivity index (χ0v) is 13.9. The second-order valence-corrected chi connectivity index (χ2v) is 7.77. The second kappa shape index (κ2) is 5.84. The van der Waals surface area contributed by atoms with Gasteiger partial charge in [-0.25, -0.2) is 13.1 Å². The Morgan fingerprint density at radius 1 is 1.52 bits per heavy atom. The standard InChI is InChI=1S/C13H25N5O2S/c1-5-10(3)18-12(14)11(21(4,19)20)13(16-18)17-7-6-15-9(2)8-17/h9-10,15H,5-8,14H2,1-4H3/t9-,10?/m0/s1. The van der Waals surface area contributed by atoms with E-state index in [1.54, 1.807) is 4.68 Å². The highest BCUT2D eigenvalue weighted by Gasteiger charge is 2.30. The zero-order chi connectivity index (χ0) is 15.8. The summed E-state index contributed by atoms with van der Waals surface area (Å²) in [6.45, 7) is 8.34. The van der Waals surface area contributed by atoms with Gasteiger partial charge in [-0.1, -0.05) is 6.92 Å². The van der Waals surface area contributed by atoms with Crippen molar-refractivity contribution in [1.82, 2.24) is 15.1 Å². The number of anilines is 2. The quantitative estimate of drug-likeness (QED) is 0.847. The van der Waals surface area contributed by atoms with Gasteiger partial charge < -0.3 is 16.0 Å². The number of aromatic nitrogens is 2. The first-order valence-electron chi connectivity index (χ1n) is 7.32. The molecule has 0 aromatic carbocycles. The molecule has 0 saturated carbocycles. The van der Waals surface area contributed by atoms with Gasteiger partial charge in [0.1, 0.15) is 5.82 Å². The van der Waals surface area contributed by atoms with Crippen LogP contribution in [0.4, 0.5) is 11.6 Å². The molecule has 2 atom stereocenters. The Morgan fingerprint density at radius 3 is 2.71 bits per heavy atom. The molecule has 7 nitrogen and oxygen atoms in total. The van der Waals surface area contributed by atoms with Crippen molar-refractivity contribution in [3.63, 3.8) is 0 Å². The Bertz CT molecular complexity index is 610. The van der Waals surface area contributed by atoms with Crippen molar-refractivity contribution in [1.29, 1.82) is 0 Å². The third-order valence-corrected chi connectivity index (χ3v) is 5.07. The van der Waals surface area contributed by atoms with Gasteiger partial charge in [0.25, 0.3) is 0 Å². The number of nitrogens with two attached hydrogens (primary N) is 1. The lowest BCUT2D eigenvalue weighted by atomic mass is 10.2. The van der Waals surface area contributed by atoms with Crippen LogP contribution in [0.15, 0.2) is 4.90 Å². The van der Waals surface area contributed by atoms with Gasteiger partial charge in [-0.05, 0) is 20.3 Å². The molecule has 1 aromatic heterocycles. The fourth-order valence-corrected chi connectivity index (χ4v) is 3.59. The minimum absolute atomic E-state index is 0.0691. The molecule has 1 aromatic rings. The Kier molecular flexibility index (Phi) is 4.48. The summed E-state index contributed by atoms with van der Waals surface area (Å²) in [6.07, 6.45) is 2.03. The monoisotopic (exact) mass is 315 g/mol. The molecule has 1 aliphatic rings. The Morgan fingerprint density at radius 2 is 2.19 bits per heavy atom. The molecule has 1 aliphatic heterocycles. The van der Waals surface area contributed by atoms with Gasteiger partial charge in [0, 0.05) is 31.9 Å². The van der Waals surface area contributed by atoms with E-state index in [9.17, 15) is 8.42 Å². The van der Waals surface area contributed by atoms with E-state index in [1.807, 2.05) is 18.7 Å². The molecule has 2 rings (SSSR count). The fraction of sp³-hybridized carbons (Fsp3) is 0.769. The predicted molar refractivity (Wildman–Crippen MR) is 84.4 cm³/mol. The van der Waals surface area contributed by atoms with Crippen molar-refractivity contribution in [2.45, 2.75) is 44.2 Å². The molecule has 8 heteroatoms. The van der Waals surface area contributed by atoms with Crippen LogP contribution >= 0.6 is 0 Å². The van der Waals surface area contributed by atoms with Crippen LogP contribution in [0, 0.1) is 0 Å². The van der Waals surface area contributed by atoms with Gasteiger partial charge in [0.2, 0.25) is 0 Å². The molecule has 120 valence electrons. The zero-order valence-electron chi connectivity index (χ0n) is 13.1. The van der Waals surface area contributed by atoms with Crippen LogP contribution in [0.25, 0.3) is 0 Å². The molecule has 21 heavy (non-hydrogen) atoms. The van der Waals surface area contributed by atoms with E-state index in [4.69, 9.17) is 5.73 Å². The number of nitrogen functional groups attached to an aromatic ring is 1. The summed E-state index contributed by atoms with van der Waals surface area (Å²) in [5.74, 6) is 0.733. The molecule has 0 spiro atoms. The van der Waals surface area contributed by atoms with Gasteiger partial charge in [0.05, 0.1) is 6.04 Å². The summed E-state index contributed by atoms with van der Waals surface area (Å²) in [6, 6.07) is 0.362. The molecular weight excluding hydrogens is 290 g/mol. The number of piperazine rings is 1. The van der Waals surface area contributed by atoms with Crippen molar-refractivity contribution in [3.8, 4) is 0 Å². The maximum atomic E-state index is 12.1. The summed E-state index contributed by atoms with van der Waals surface area (Å²) in [7, 11) is -3.42. The number of nitrogens with zero attached hydrogens (tertiary/aromatic N) is 3. The summed E-state index contributed by atoms with van der Waals surface area (Å²) in [4.78, 5) is 2.17. The summed E-state index contributed by atoms with van der Waals surface area (Å²) in [5.41, 5.74) is 6.09. The minimum Gasteiger partial charge on any atom is -0.383 e. The number of rotatable bonds is 4. The van der Waals surface area contributed by atoms with Gasteiger partial charge in [-0.2, -0.15) is 5.10 Å². The van der Waals surface area contributed by atoms with Crippen LogP contribution in [-0.4, -0.2) is 50.1 Å². The van der Waals surface area contributed by atoms with Crippen LogP contribution in [0.3, 0.4) is 0 Å². The molecule has 0 bridgehead atoms. The van der Waals surface area contributed by atoms with E-state index in [-0.39, 0.29) is 16.8 Å². The lowest BCUT2D eigenvalue weighted by molar-refractivity contribution is 0.465. The normalized spacial score (nSPS) is 21.5. The Hall–Kier alpha value is -1.28. The van der Waals surface area contributed by atoms with Gasteiger partial charge in [-0.3, -0.25) is 0 Å². The van der Waals surface area contributed by atoms with Gasteiger partial charge >= 0.3 is 0 Å². The molecule has 0 aliphatic carbocycles. The van der Waals surface area contributed by atoms with Gasteiger partial charge in [-0.15, -0.1) is 0 Å². The summed E-state index contributed by atoms with van der Waals surface area (Å²) < 4.78 is 25.9. The molecule has 2 heterocycles. The second-order valence-electron chi connectivity index (χ2n) is 5.81. The van der Waals surface area contributed by atoms with Crippen molar-refractivity contribution in [2.75, 3.05) is 36.5 Å². The van der Waals surface area contributed by atoms with Crippen molar-refractivity contribution in [2.24, 2.45) is 0 Å². The third kappa shape index (κ3) is 3.16.